The molecule has 1 aliphatic rings. The summed E-state index contributed by atoms with van der Waals surface area (Å²) in [7, 11) is 0. The van der Waals surface area contributed by atoms with Gasteiger partial charge in [0.15, 0.2) is 0 Å². The average molecular weight is 906 g/mol. The molecule has 0 aliphatic carbocycles. The normalized spacial score (nSPS) is 13.0. The molecule has 4 aromatic carbocycles. The van der Waals surface area contributed by atoms with Crippen LogP contribution in [0.3, 0.4) is 0 Å². The lowest BCUT2D eigenvalue weighted by Gasteiger charge is -2.34. The van der Waals surface area contributed by atoms with E-state index in [0.29, 0.717) is 46.0 Å². The lowest BCUT2D eigenvalue weighted by molar-refractivity contribution is -0.274. The molecule has 16 heteroatoms. The van der Waals surface area contributed by atoms with Crippen LogP contribution >= 0.6 is 23.2 Å². The van der Waals surface area contributed by atoms with Crippen molar-refractivity contribution in [1.29, 1.82) is 0 Å². The minimum Gasteiger partial charge on any atom is -0.439 e. The number of hydrogen-bond donors (Lipinski definition) is 2. The number of para-hydroxylation sites is 1. The molecule has 1 fully saturated rings. The first-order valence-corrected chi connectivity index (χ1v) is 21.2. The van der Waals surface area contributed by atoms with E-state index in [1.54, 1.807) is 59.5 Å². The zero-order valence-corrected chi connectivity index (χ0v) is 35.9. The minimum absolute atomic E-state index is 0.200. The zero-order valence-electron chi connectivity index (χ0n) is 34.4. The molecule has 0 saturated carbocycles. The fraction of sp³-hybridized carbons (Fsp3) is 0.188. The molecule has 5 heterocycles. The van der Waals surface area contributed by atoms with Gasteiger partial charge in [-0.3, -0.25) is 9.20 Å². The largest absolute Gasteiger partial charge is 0.573 e. The van der Waals surface area contributed by atoms with Crippen LogP contribution in [0.15, 0.2) is 140 Å². The number of nitrogens with one attached hydrogen (secondary N) is 2. The van der Waals surface area contributed by atoms with Crippen LogP contribution in [-0.4, -0.2) is 49.7 Å². The molecule has 11 nitrogen and oxygen atoms in total. The number of carbonyl (C=O) groups is 1. The number of carbonyl (C=O) groups excluding carboxylic acids is 1. The summed E-state index contributed by atoms with van der Waals surface area (Å²) < 4.78 is 48.6. The third-order valence-corrected chi connectivity index (χ3v) is 11.1. The molecule has 326 valence electrons. The summed E-state index contributed by atoms with van der Waals surface area (Å²) in [6, 6.07) is 36.7. The first-order chi connectivity index (χ1) is 31.0. The number of amides is 1. The van der Waals surface area contributed by atoms with Gasteiger partial charge in [-0.25, -0.2) is 19.9 Å². The Hall–Kier alpha value is -6.90. The van der Waals surface area contributed by atoms with E-state index in [1.165, 1.54) is 12.1 Å². The number of fused-ring (bicyclic) bond motifs is 2. The third-order valence-electron chi connectivity index (χ3n) is 10.6. The van der Waals surface area contributed by atoms with E-state index in [4.69, 9.17) is 27.9 Å². The summed E-state index contributed by atoms with van der Waals surface area (Å²) in [5.41, 5.74) is 6.80. The summed E-state index contributed by atoms with van der Waals surface area (Å²) in [4.78, 5) is 32.6. The van der Waals surface area contributed by atoms with Gasteiger partial charge in [-0.2, -0.15) is 0 Å². The molecule has 4 aromatic heterocycles. The number of piperidine rings is 1. The zero-order chi connectivity index (χ0) is 44.6. The fourth-order valence-corrected chi connectivity index (χ4v) is 7.72. The molecule has 0 radical (unpaired) electrons. The van der Waals surface area contributed by atoms with Gasteiger partial charge >= 0.3 is 6.36 Å². The van der Waals surface area contributed by atoms with Crippen LogP contribution < -0.4 is 25.0 Å². The van der Waals surface area contributed by atoms with Crippen molar-refractivity contribution in [3.8, 4) is 17.4 Å². The second kappa shape index (κ2) is 19.7. The van der Waals surface area contributed by atoms with Gasteiger partial charge < -0.3 is 25.0 Å². The van der Waals surface area contributed by atoms with Crippen LogP contribution in [0.5, 0.6) is 17.4 Å². The van der Waals surface area contributed by atoms with E-state index in [2.05, 4.69) is 52.3 Å². The smallest absolute Gasteiger partial charge is 0.439 e. The lowest BCUT2D eigenvalue weighted by Crippen LogP contribution is -2.32. The van der Waals surface area contributed by atoms with E-state index in [-0.39, 0.29) is 17.6 Å². The standard InChI is InChI=1S/C29H28ClF3N4O2.C19H13ClN4O/c1-2-25-27(37-18-22(30)7-12-26(37)35-25)28(38)34-17-19-3-8-23(9-4-19)36-15-13-21(14-16-36)20-5-10-24(11-6-20)39-29(31,32)33;20-13-5-10-18(21-11-13)25-15-8-6-14(7-9-15)24-19-16-3-1-2-4-17(16)22-12-23-19/h3-12,18,21H,2,13-17H2,1H3,(H,34,38);1-12H,(H,22,23,24). The Morgan fingerprint density at radius 2 is 1.53 bits per heavy atom. The van der Waals surface area contributed by atoms with Crippen molar-refractivity contribution in [1.82, 2.24) is 29.7 Å². The fourth-order valence-electron chi connectivity index (χ4n) is 7.45. The third kappa shape index (κ3) is 11.0. The van der Waals surface area contributed by atoms with E-state index in [1.807, 2.05) is 67.6 Å². The monoisotopic (exact) mass is 904 g/mol. The predicted octanol–water partition coefficient (Wildman–Crippen LogP) is 12.0. The van der Waals surface area contributed by atoms with Crippen LogP contribution in [0.4, 0.5) is 30.4 Å². The van der Waals surface area contributed by atoms with Crippen LogP contribution in [-0.2, 0) is 13.0 Å². The first-order valence-electron chi connectivity index (χ1n) is 20.5. The summed E-state index contributed by atoms with van der Waals surface area (Å²) in [5, 5.41) is 8.38. The summed E-state index contributed by atoms with van der Waals surface area (Å²) in [6.07, 6.45) is 2.55. The van der Waals surface area contributed by atoms with Gasteiger partial charge in [0, 0.05) is 54.9 Å². The summed E-state index contributed by atoms with van der Waals surface area (Å²) >= 11 is 12.0. The number of rotatable bonds is 11. The van der Waals surface area contributed by atoms with E-state index < -0.39 is 6.36 Å². The maximum absolute atomic E-state index is 13.0. The number of halogens is 5. The van der Waals surface area contributed by atoms with Gasteiger partial charge in [0.2, 0.25) is 5.88 Å². The van der Waals surface area contributed by atoms with Crippen LogP contribution in [0.1, 0.15) is 53.0 Å². The number of pyridine rings is 2. The van der Waals surface area contributed by atoms with Crippen LogP contribution in [0.2, 0.25) is 10.0 Å². The summed E-state index contributed by atoms with van der Waals surface area (Å²) in [6.45, 7) is 4.04. The topological polar surface area (TPSA) is 119 Å². The van der Waals surface area contributed by atoms with Gasteiger partial charge in [-0.05, 0) is 115 Å². The SMILES string of the molecule is CCc1nc2ccc(Cl)cn2c1C(=O)NCc1ccc(N2CCC(c3ccc(OC(F)(F)F)cc3)CC2)cc1.Clc1ccc(Oc2ccc(Nc3ncnc4ccccc34)cc2)nc1. The molecule has 2 N–H and O–H groups in total. The van der Waals surface area contributed by atoms with Crippen molar-refractivity contribution >= 4 is 62.9 Å². The maximum Gasteiger partial charge on any atom is 0.573 e. The maximum atomic E-state index is 13.0. The van der Waals surface area contributed by atoms with Crippen molar-refractivity contribution in [2.75, 3.05) is 23.3 Å². The van der Waals surface area contributed by atoms with E-state index in [9.17, 15) is 18.0 Å². The number of benzene rings is 4. The highest BCUT2D eigenvalue weighted by molar-refractivity contribution is 6.30. The Kier molecular flexibility index (Phi) is 13.4. The molecule has 64 heavy (non-hydrogen) atoms. The molecule has 8 aromatic rings. The second-order valence-electron chi connectivity index (χ2n) is 14.9. The van der Waals surface area contributed by atoms with Crippen molar-refractivity contribution < 1.29 is 27.4 Å². The van der Waals surface area contributed by atoms with Crippen LogP contribution in [0.25, 0.3) is 16.6 Å². The van der Waals surface area contributed by atoms with E-state index in [0.717, 1.165) is 70.8 Å². The lowest BCUT2D eigenvalue weighted by atomic mass is 9.89. The first kappa shape index (κ1) is 43.7. The quantitative estimate of drug-likeness (QED) is 0.131. The van der Waals surface area contributed by atoms with E-state index >= 15 is 0 Å². The van der Waals surface area contributed by atoms with Gasteiger partial charge in [0.1, 0.15) is 35.0 Å². The van der Waals surface area contributed by atoms with Gasteiger partial charge in [0.05, 0.1) is 21.3 Å². The highest BCUT2D eigenvalue weighted by Gasteiger charge is 2.31. The number of nitrogens with zero attached hydrogens (tertiary/aromatic N) is 6. The Morgan fingerprint density at radius 3 is 2.23 bits per heavy atom. The second-order valence-corrected chi connectivity index (χ2v) is 15.7. The summed E-state index contributed by atoms with van der Waals surface area (Å²) in [5.74, 6) is 1.83. The number of imidazole rings is 1. The molecule has 0 bridgehead atoms. The number of hydrogen-bond acceptors (Lipinski definition) is 9. The Balaban J connectivity index is 0.000000192. The average Bonchev–Trinajstić information content (AvgIpc) is 3.68. The highest BCUT2D eigenvalue weighted by Crippen LogP contribution is 2.33. The highest BCUT2D eigenvalue weighted by atomic mass is 35.5. The molecule has 1 aliphatic heterocycles. The van der Waals surface area contributed by atoms with Crippen molar-refractivity contribution in [2.45, 2.75) is 45.0 Å². The molecule has 9 rings (SSSR count). The molecule has 1 amide bonds. The number of anilines is 3. The number of ether oxygens (including phenoxy) is 2. The molecular weight excluding hydrogens is 864 g/mol. The predicted molar refractivity (Wildman–Crippen MR) is 243 cm³/mol. The van der Waals surface area contributed by atoms with Gasteiger partial charge in [0.25, 0.3) is 5.91 Å². The van der Waals surface area contributed by atoms with Gasteiger partial charge in [-0.1, -0.05) is 66.5 Å². The molecular formula is C48H41Cl2F3N8O3. The molecule has 0 atom stereocenters. The number of alkyl halides is 3. The minimum atomic E-state index is -4.68. The Labute approximate surface area is 376 Å². The van der Waals surface area contributed by atoms with Crippen molar-refractivity contribution in [3.63, 3.8) is 0 Å². The Bertz CT molecular complexity index is 2830. The van der Waals surface area contributed by atoms with Gasteiger partial charge in [-0.15, -0.1) is 13.2 Å². The number of aromatic nitrogens is 5. The van der Waals surface area contributed by atoms with Crippen molar-refractivity contribution in [3.05, 3.63) is 173 Å². The number of aryl methyl sites for hydroxylation is 1. The van der Waals surface area contributed by atoms with Crippen molar-refractivity contribution in [2.24, 2.45) is 0 Å². The van der Waals surface area contributed by atoms with Crippen LogP contribution in [0, 0.1) is 0 Å². The molecule has 0 spiro atoms. The Morgan fingerprint density at radius 1 is 0.812 bits per heavy atom. The molecule has 1 saturated heterocycles. The molecule has 0 unspecified atom stereocenters.